The molecule has 0 unspecified atom stereocenters. The van der Waals surface area contributed by atoms with Crippen LogP contribution in [0, 0.1) is 13.8 Å². The zero-order chi connectivity index (χ0) is 51.0. The topological polar surface area (TPSA) is 162 Å². The molecule has 4 N–H and O–H groups in total. The van der Waals surface area contributed by atoms with Crippen molar-refractivity contribution in [3.05, 3.63) is 144 Å². The molecule has 0 saturated heterocycles. The minimum Gasteiger partial charge on any atom is -0.497 e. The smallest absolute Gasteiger partial charge is 0.390 e. The number of aromatic carboxylic acids is 1. The van der Waals surface area contributed by atoms with Crippen LogP contribution < -0.4 is 34.9 Å². The van der Waals surface area contributed by atoms with E-state index in [9.17, 15) is 41.0 Å². The number of nitrogens with one attached hydrogen (secondary N) is 3. The van der Waals surface area contributed by atoms with Gasteiger partial charge in [0.1, 0.15) is 34.5 Å². The van der Waals surface area contributed by atoms with Gasteiger partial charge >= 0.3 is 18.3 Å². The van der Waals surface area contributed by atoms with Crippen molar-refractivity contribution >= 4 is 34.5 Å². The number of amides is 1. The summed E-state index contributed by atoms with van der Waals surface area (Å²) in [5, 5.41) is 17.6. The molecular formula is C51H47F6N7O7. The van der Waals surface area contributed by atoms with Crippen molar-refractivity contribution in [3.63, 3.8) is 0 Å². The van der Waals surface area contributed by atoms with Crippen LogP contribution in [0.1, 0.15) is 44.7 Å². The van der Waals surface area contributed by atoms with Gasteiger partial charge in [-0.3, -0.25) is 13.6 Å². The van der Waals surface area contributed by atoms with E-state index in [0.29, 0.717) is 85.2 Å². The van der Waals surface area contributed by atoms with E-state index in [0.717, 1.165) is 11.1 Å². The standard InChI is InChI=1S/C26H25F3N4O3.C25H22F3N3O4/c1-16-11-17(7-8-21(16)25(34)30-2)23-14-32-24-22(31-10-9-26(27,28)29)13-20(15-33(23)24)36-19-6-4-5-18(12-19)35-3;1-15-10-16(6-7-20(15)24(32)33)22-13-30-23-21(29-9-8-25(26,27)28)12-19(14-31(22)23)35-18-5-3-4-17(11-18)34-2/h4-8,11-15,31H,9-10H2,1-3H3,(H,30,34);3-7,10-14,29H,8-9H2,1-2H3,(H,32,33). The molecule has 0 aliphatic carbocycles. The molecular weight excluding hydrogens is 937 g/mol. The molecule has 14 nitrogen and oxygen atoms in total. The summed E-state index contributed by atoms with van der Waals surface area (Å²) < 4.78 is 102. The number of halogens is 6. The molecule has 0 radical (unpaired) electrons. The number of hydrogen-bond acceptors (Lipinski definition) is 10. The maximum absolute atomic E-state index is 12.8. The first-order chi connectivity index (χ1) is 33.8. The van der Waals surface area contributed by atoms with Crippen LogP contribution >= 0.6 is 0 Å². The van der Waals surface area contributed by atoms with Crippen LogP contribution in [0.3, 0.4) is 0 Å². The second-order valence-electron chi connectivity index (χ2n) is 15.9. The number of carboxylic acids is 1. The molecule has 0 bridgehead atoms. The average molecular weight is 984 g/mol. The van der Waals surface area contributed by atoms with Gasteiger partial charge in [-0.15, -0.1) is 0 Å². The zero-order valence-corrected chi connectivity index (χ0v) is 38.8. The van der Waals surface area contributed by atoms with E-state index in [-0.39, 0.29) is 24.6 Å². The highest BCUT2D eigenvalue weighted by molar-refractivity contribution is 5.96. The number of carbonyl (C=O) groups excluding carboxylic acids is 1. The number of anilines is 2. The quantitative estimate of drug-likeness (QED) is 0.0682. The Bertz CT molecular complexity index is 3210. The maximum atomic E-state index is 12.8. The monoisotopic (exact) mass is 983 g/mol. The van der Waals surface area contributed by atoms with Gasteiger partial charge in [0, 0.05) is 61.1 Å². The summed E-state index contributed by atoms with van der Waals surface area (Å²) >= 11 is 0. The Balaban J connectivity index is 0.000000209. The van der Waals surface area contributed by atoms with Gasteiger partial charge in [0.15, 0.2) is 11.3 Å². The number of pyridine rings is 2. The van der Waals surface area contributed by atoms with Crippen LogP contribution in [0.4, 0.5) is 37.7 Å². The number of ether oxygens (including phenoxy) is 4. The van der Waals surface area contributed by atoms with Gasteiger partial charge in [0.25, 0.3) is 5.91 Å². The summed E-state index contributed by atoms with van der Waals surface area (Å²) in [5.41, 5.74) is 6.45. The molecule has 0 aliphatic heterocycles. The fourth-order valence-corrected chi connectivity index (χ4v) is 7.48. The second kappa shape index (κ2) is 21.5. The van der Waals surface area contributed by atoms with Gasteiger partial charge in [-0.25, -0.2) is 14.8 Å². The molecule has 4 heterocycles. The Morgan fingerprint density at radius 3 is 1.39 bits per heavy atom. The van der Waals surface area contributed by atoms with Crippen molar-refractivity contribution in [1.29, 1.82) is 0 Å². The maximum Gasteiger partial charge on any atom is 0.390 e. The number of carboxylic acid groups (broad SMARTS) is 1. The van der Waals surface area contributed by atoms with Crippen molar-refractivity contribution in [2.24, 2.45) is 0 Å². The minimum absolute atomic E-state index is 0.180. The van der Waals surface area contributed by atoms with Gasteiger partial charge in [0.05, 0.1) is 80.2 Å². The second-order valence-corrected chi connectivity index (χ2v) is 15.9. The van der Waals surface area contributed by atoms with Crippen molar-refractivity contribution in [2.75, 3.05) is 45.0 Å². The molecule has 71 heavy (non-hydrogen) atoms. The summed E-state index contributed by atoms with van der Waals surface area (Å²) in [7, 11) is 4.64. The lowest BCUT2D eigenvalue weighted by molar-refractivity contribution is -0.132. The predicted octanol–water partition coefficient (Wildman–Crippen LogP) is 12.0. The van der Waals surface area contributed by atoms with Crippen molar-refractivity contribution < 1.29 is 60.0 Å². The molecule has 8 aromatic rings. The van der Waals surface area contributed by atoms with Gasteiger partial charge in [-0.1, -0.05) is 24.3 Å². The Kier molecular flexibility index (Phi) is 15.3. The molecule has 0 saturated carbocycles. The molecule has 0 spiro atoms. The molecule has 4 aromatic carbocycles. The largest absolute Gasteiger partial charge is 0.497 e. The Morgan fingerprint density at radius 2 is 1.01 bits per heavy atom. The third-order valence-electron chi connectivity index (χ3n) is 10.9. The molecule has 8 rings (SSSR count). The number of carbonyl (C=O) groups is 2. The molecule has 1 amide bonds. The minimum atomic E-state index is -4.30. The fraction of sp³-hybridized carbons (Fsp3) is 0.216. The van der Waals surface area contributed by atoms with E-state index >= 15 is 0 Å². The van der Waals surface area contributed by atoms with Crippen molar-refractivity contribution in [1.82, 2.24) is 24.1 Å². The van der Waals surface area contributed by atoms with Gasteiger partial charge in [0.2, 0.25) is 0 Å². The lowest BCUT2D eigenvalue weighted by atomic mass is 10.0. The number of rotatable bonds is 16. The van der Waals surface area contributed by atoms with E-state index in [1.54, 1.807) is 140 Å². The summed E-state index contributed by atoms with van der Waals surface area (Å²) in [4.78, 5) is 32.3. The lowest BCUT2D eigenvalue weighted by Crippen LogP contribution is -2.18. The van der Waals surface area contributed by atoms with E-state index in [2.05, 4.69) is 25.9 Å². The third-order valence-corrected chi connectivity index (χ3v) is 10.9. The normalized spacial score (nSPS) is 11.4. The summed E-state index contributed by atoms with van der Waals surface area (Å²) in [6.07, 6.45) is -3.99. The highest BCUT2D eigenvalue weighted by atomic mass is 19.4. The Morgan fingerprint density at radius 1 is 0.592 bits per heavy atom. The molecule has 4 aromatic heterocycles. The van der Waals surface area contributed by atoms with E-state index in [1.165, 1.54) is 13.2 Å². The molecule has 0 atom stereocenters. The van der Waals surface area contributed by atoms with Crippen molar-refractivity contribution in [3.8, 4) is 57.0 Å². The van der Waals surface area contributed by atoms with Crippen LogP contribution in [-0.2, 0) is 0 Å². The lowest BCUT2D eigenvalue weighted by Gasteiger charge is -2.14. The number of methoxy groups -OCH3 is 2. The number of aryl methyl sites for hydroxylation is 2. The number of hydrogen-bond donors (Lipinski definition) is 4. The average Bonchev–Trinajstić information content (AvgIpc) is 3.96. The van der Waals surface area contributed by atoms with Crippen LogP contribution in [-0.4, -0.2) is 82.5 Å². The first-order valence-electron chi connectivity index (χ1n) is 21.8. The first-order valence-corrected chi connectivity index (χ1v) is 21.8. The van der Waals surface area contributed by atoms with Crippen LogP contribution in [0.5, 0.6) is 34.5 Å². The van der Waals surface area contributed by atoms with Gasteiger partial charge in [-0.05, 0) is 73.5 Å². The van der Waals surface area contributed by atoms with Crippen LogP contribution in [0.15, 0.2) is 122 Å². The highest BCUT2D eigenvalue weighted by Crippen LogP contribution is 2.35. The van der Waals surface area contributed by atoms with Gasteiger partial charge in [-0.2, -0.15) is 26.3 Å². The molecule has 0 aliphatic rings. The predicted molar refractivity (Wildman–Crippen MR) is 256 cm³/mol. The van der Waals surface area contributed by atoms with E-state index < -0.39 is 31.2 Å². The number of benzene rings is 4. The number of nitrogens with zero attached hydrogens (tertiary/aromatic N) is 4. The number of fused-ring (bicyclic) bond motifs is 2. The van der Waals surface area contributed by atoms with Crippen molar-refractivity contribution in [2.45, 2.75) is 39.0 Å². The number of alkyl halides is 6. The fourth-order valence-electron chi connectivity index (χ4n) is 7.48. The molecule has 370 valence electrons. The first kappa shape index (κ1) is 50.5. The van der Waals surface area contributed by atoms with E-state index in [1.807, 2.05) is 13.0 Å². The highest BCUT2D eigenvalue weighted by Gasteiger charge is 2.28. The molecule has 0 fully saturated rings. The Labute approximate surface area is 402 Å². The molecule has 20 heteroatoms. The Hall–Kier alpha value is -8.42. The number of imidazole rings is 2. The third kappa shape index (κ3) is 12.6. The van der Waals surface area contributed by atoms with Crippen LogP contribution in [0.2, 0.25) is 0 Å². The summed E-state index contributed by atoms with van der Waals surface area (Å²) in [6, 6.07) is 27.4. The summed E-state index contributed by atoms with van der Waals surface area (Å²) in [6.45, 7) is 2.87. The SMILES string of the molecule is CNC(=O)c1ccc(-c2cnc3c(NCCC(F)(F)F)cc(Oc4cccc(OC)c4)cn23)cc1C.COc1cccc(Oc2cc(NCCC(F)(F)F)c3ncc(-c4ccc(C(=O)O)c(C)c4)n3c2)c1. The zero-order valence-electron chi connectivity index (χ0n) is 38.8. The van der Waals surface area contributed by atoms with E-state index in [4.69, 9.17) is 18.9 Å². The van der Waals surface area contributed by atoms with Crippen LogP contribution in [0.25, 0.3) is 33.8 Å². The van der Waals surface area contributed by atoms with Gasteiger partial charge < -0.3 is 40.0 Å². The summed E-state index contributed by atoms with van der Waals surface area (Å²) in [5.74, 6) is 1.70. The number of aromatic nitrogens is 4.